The van der Waals surface area contributed by atoms with E-state index in [1.54, 1.807) is 12.1 Å². The molecule has 0 aliphatic carbocycles. The summed E-state index contributed by atoms with van der Waals surface area (Å²) in [6, 6.07) is 4.59. The van der Waals surface area contributed by atoms with Gasteiger partial charge in [-0.2, -0.15) is 0 Å². The van der Waals surface area contributed by atoms with Crippen LogP contribution in [0.5, 0.6) is 0 Å². The van der Waals surface area contributed by atoms with Crippen molar-refractivity contribution < 1.29 is 24.2 Å². The Labute approximate surface area is 113 Å². The lowest BCUT2D eigenvalue weighted by atomic mass is 10.3. The maximum absolute atomic E-state index is 12.6. The third kappa shape index (κ3) is 5.71. The first-order chi connectivity index (χ1) is 9.02. The van der Waals surface area contributed by atoms with Gasteiger partial charge in [0.05, 0.1) is 6.61 Å². The zero-order chi connectivity index (χ0) is 14.3. The molecule has 0 bridgehead atoms. The van der Waals surface area contributed by atoms with Crippen LogP contribution in [0.2, 0.25) is 0 Å². The van der Waals surface area contributed by atoms with Crippen LogP contribution in [0.4, 0.5) is 4.39 Å². The molecule has 0 fully saturated rings. The monoisotopic (exact) mass is 287 g/mol. The summed E-state index contributed by atoms with van der Waals surface area (Å²) in [5, 5.41) is 19.6. The van der Waals surface area contributed by atoms with E-state index in [-0.39, 0.29) is 12.2 Å². The Morgan fingerprint density at radius 3 is 2.47 bits per heavy atom. The number of carbonyl (C=O) groups excluding carboxylic acids is 1. The molecular weight excluding hydrogens is 273 g/mol. The third-order valence-electron chi connectivity index (χ3n) is 2.23. The number of carbonyl (C=O) groups is 2. The van der Waals surface area contributed by atoms with Crippen molar-refractivity contribution in [3.8, 4) is 0 Å². The fraction of sp³-hybridized carbons (Fsp3) is 0.333. The van der Waals surface area contributed by atoms with E-state index in [2.05, 4.69) is 5.32 Å². The summed E-state index contributed by atoms with van der Waals surface area (Å²) >= 11 is 1.36. The van der Waals surface area contributed by atoms with Gasteiger partial charge in [-0.15, -0.1) is 11.8 Å². The second-order valence-corrected chi connectivity index (χ2v) is 4.86. The second-order valence-electron chi connectivity index (χ2n) is 3.69. The smallest absolute Gasteiger partial charge is 0.328 e. The number of thioether (sulfide) groups is 1. The highest BCUT2D eigenvalue weighted by atomic mass is 32.2. The van der Waals surface area contributed by atoms with E-state index in [9.17, 15) is 14.0 Å². The number of hydrogen-bond acceptors (Lipinski definition) is 4. The van der Waals surface area contributed by atoms with E-state index in [4.69, 9.17) is 10.2 Å². The van der Waals surface area contributed by atoms with Crippen molar-refractivity contribution in [2.24, 2.45) is 0 Å². The Hall–Kier alpha value is -1.60. The molecule has 104 valence electrons. The van der Waals surface area contributed by atoms with Gasteiger partial charge in [-0.25, -0.2) is 9.18 Å². The molecule has 3 N–H and O–H groups in total. The number of rotatable bonds is 7. The van der Waals surface area contributed by atoms with Crippen LogP contribution in [0.25, 0.3) is 0 Å². The lowest BCUT2D eigenvalue weighted by Gasteiger charge is -2.11. The van der Waals surface area contributed by atoms with Crippen molar-refractivity contribution in [2.75, 3.05) is 12.4 Å². The topological polar surface area (TPSA) is 86.6 Å². The first kappa shape index (κ1) is 15.5. The van der Waals surface area contributed by atoms with Gasteiger partial charge in [-0.05, 0) is 24.3 Å². The summed E-state index contributed by atoms with van der Waals surface area (Å²) < 4.78 is 12.6. The Kier molecular flexibility index (Phi) is 6.31. The highest BCUT2D eigenvalue weighted by Gasteiger charge is 2.18. The summed E-state index contributed by atoms with van der Waals surface area (Å²) in [6.07, 6.45) is 0.117. The molecule has 19 heavy (non-hydrogen) atoms. The Bertz CT molecular complexity index is 438. The summed E-state index contributed by atoms with van der Waals surface area (Å²) in [5.74, 6) is -1.61. The van der Waals surface area contributed by atoms with E-state index in [1.165, 1.54) is 23.9 Å². The molecule has 0 heterocycles. The van der Waals surface area contributed by atoms with E-state index >= 15 is 0 Å². The normalized spacial score (nSPS) is 11.9. The molecule has 0 saturated carbocycles. The van der Waals surface area contributed by atoms with Crippen LogP contribution in [-0.4, -0.2) is 40.5 Å². The number of nitrogens with one attached hydrogen (secondary N) is 1. The van der Waals surface area contributed by atoms with Crippen molar-refractivity contribution in [2.45, 2.75) is 17.4 Å². The van der Waals surface area contributed by atoms with Gasteiger partial charge in [-0.3, -0.25) is 4.79 Å². The fourth-order valence-electron chi connectivity index (χ4n) is 1.24. The average Bonchev–Trinajstić information content (AvgIpc) is 2.38. The SMILES string of the molecule is O=C(CCSc1ccc(F)cc1)N[C@H](CO)C(=O)O. The quantitative estimate of drug-likeness (QED) is 0.648. The van der Waals surface area contributed by atoms with Gasteiger partial charge < -0.3 is 15.5 Å². The summed E-state index contributed by atoms with van der Waals surface area (Å²) in [6.45, 7) is -0.647. The Balaban J connectivity index is 2.30. The molecular formula is C12H14FNO4S. The van der Waals surface area contributed by atoms with Crippen LogP contribution in [0.15, 0.2) is 29.2 Å². The van der Waals surface area contributed by atoms with Crippen molar-refractivity contribution >= 4 is 23.6 Å². The maximum atomic E-state index is 12.6. The molecule has 1 aromatic carbocycles. The molecule has 1 atom stereocenters. The number of carboxylic acid groups (broad SMARTS) is 1. The number of hydrogen-bond donors (Lipinski definition) is 3. The molecule has 0 aliphatic heterocycles. The standard InChI is InChI=1S/C12H14FNO4S/c13-8-1-3-9(4-2-8)19-6-5-11(16)14-10(7-15)12(17)18/h1-4,10,15H,5-7H2,(H,14,16)(H,17,18)/t10-/m1/s1. The molecule has 0 aliphatic rings. The van der Waals surface area contributed by atoms with Crippen molar-refractivity contribution in [3.63, 3.8) is 0 Å². The molecule has 5 nitrogen and oxygen atoms in total. The number of benzene rings is 1. The zero-order valence-corrected chi connectivity index (χ0v) is 10.8. The molecule has 0 unspecified atom stereocenters. The minimum absolute atomic E-state index is 0.117. The number of aliphatic carboxylic acids is 1. The first-order valence-corrected chi connectivity index (χ1v) is 6.53. The van der Waals surface area contributed by atoms with Gasteiger partial charge >= 0.3 is 5.97 Å². The van der Waals surface area contributed by atoms with Crippen LogP contribution in [-0.2, 0) is 9.59 Å². The lowest BCUT2D eigenvalue weighted by Crippen LogP contribution is -2.43. The Morgan fingerprint density at radius 1 is 1.32 bits per heavy atom. The lowest BCUT2D eigenvalue weighted by molar-refractivity contribution is -0.142. The highest BCUT2D eigenvalue weighted by Crippen LogP contribution is 2.18. The molecule has 0 saturated heterocycles. The summed E-state index contributed by atoms with van der Waals surface area (Å²) in [5.41, 5.74) is 0. The predicted octanol–water partition coefficient (Wildman–Crippen LogP) is 0.870. The van der Waals surface area contributed by atoms with E-state index < -0.39 is 24.5 Å². The predicted molar refractivity (Wildman–Crippen MR) is 68.4 cm³/mol. The zero-order valence-electron chi connectivity index (χ0n) is 10.0. The minimum Gasteiger partial charge on any atom is -0.480 e. The van der Waals surface area contributed by atoms with E-state index in [1.807, 2.05) is 0 Å². The maximum Gasteiger partial charge on any atom is 0.328 e. The van der Waals surface area contributed by atoms with Crippen LogP contribution in [0, 0.1) is 5.82 Å². The van der Waals surface area contributed by atoms with E-state index in [0.717, 1.165) is 4.90 Å². The van der Waals surface area contributed by atoms with Crippen LogP contribution >= 0.6 is 11.8 Å². The van der Waals surface area contributed by atoms with Gasteiger partial charge in [-0.1, -0.05) is 0 Å². The van der Waals surface area contributed by atoms with Gasteiger partial charge in [0.2, 0.25) is 5.91 Å². The van der Waals surface area contributed by atoms with Gasteiger partial charge in [0.1, 0.15) is 11.9 Å². The number of halogens is 1. The van der Waals surface area contributed by atoms with Crippen molar-refractivity contribution in [1.82, 2.24) is 5.32 Å². The second kappa shape index (κ2) is 7.75. The fourth-order valence-corrected chi connectivity index (χ4v) is 2.10. The molecule has 1 aromatic rings. The molecule has 1 amide bonds. The third-order valence-corrected chi connectivity index (χ3v) is 3.24. The van der Waals surface area contributed by atoms with Crippen LogP contribution in [0.1, 0.15) is 6.42 Å². The molecule has 0 aromatic heterocycles. The van der Waals surface area contributed by atoms with Crippen LogP contribution in [0.3, 0.4) is 0 Å². The van der Waals surface area contributed by atoms with Crippen LogP contribution < -0.4 is 5.32 Å². The van der Waals surface area contributed by atoms with Crippen molar-refractivity contribution in [3.05, 3.63) is 30.1 Å². The molecule has 0 radical (unpaired) electrons. The number of aliphatic hydroxyl groups excluding tert-OH is 1. The van der Waals surface area contributed by atoms with Crippen molar-refractivity contribution in [1.29, 1.82) is 0 Å². The van der Waals surface area contributed by atoms with Gasteiger partial charge in [0.15, 0.2) is 0 Å². The molecule has 7 heteroatoms. The summed E-state index contributed by atoms with van der Waals surface area (Å²) in [7, 11) is 0. The largest absolute Gasteiger partial charge is 0.480 e. The number of amides is 1. The molecule has 0 spiro atoms. The number of carboxylic acids is 1. The average molecular weight is 287 g/mol. The van der Waals surface area contributed by atoms with Gasteiger partial charge in [0.25, 0.3) is 0 Å². The highest BCUT2D eigenvalue weighted by molar-refractivity contribution is 7.99. The Morgan fingerprint density at radius 2 is 1.95 bits per heavy atom. The first-order valence-electron chi connectivity index (χ1n) is 5.54. The summed E-state index contributed by atoms with van der Waals surface area (Å²) in [4.78, 5) is 22.8. The molecule has 1 rings (SSSR count). The van der Waals surface area contributed by atoms with E-state index in [0.29, 0.717) is 5.75 Å². The van der Waals surface area contributed by atoms with Gasteiger partial charge in [0, 0.05) is 17.1 Å². The minimum atomic E-state index is -1.28. The number of aliphatic hydroxyl groups is 1.